The normalized spacial score (nSPS) is 11.4. The summed E-state index contributed by atoms with van der Waals surface area (Å²) in [4.78, 5) is 31.9. The van der Waals surface area contributed by atoms with Crippen molar-refractivity contribution in [1.82, 2.24) is 35.0 Å². The van der Waals surface area contributed by atoms with E-state index >= 15 is 0 Å². The quantitative estimate of drug-likeness (QED) is 0.169. The molecule has 0 aliphatic rings. The van der Waals surface area contributed by atoms with Gasteiger partial charge in [0.2, 0.25) is 0 Å². The minimum atomic E-state index is -0.387. The second-order valence-electron chi connectivity index (χ2n) is 11.1. The number of hydrogen-bond donors (Lipinski definition) is 3. The number of carbonyl (C=O) groups is 1. The van der Waals surface area contributed by atoms with E-state index in [1.807, 2.05) is 73.6 Å². The molecule has 3 aromatic carbocycles. The molecule has 11 heteroatoms. The summed E-state index contributed by atoms with van der Waals surface area (Å²) in [5.74, 6) is 0.394. The average Bonchev–Trinajstić information content (AvgIpc) is 3.69. The third-order valence-electron chi connectivity index (χ3n) is 7.50. The molecule has 1 amide bonds. The number of amides is 1. The molecular formula is C35H29FN8O2. The third-order valence-corrected chi connectivity index (χ3v) is 7.50. The number of para-hydroxylation sites is 1. The Morgan fingerprint density at radius 2 is 1.80 bits per heavy atom. The summed E-state index contributed by atoms with van der Waals surface area (Å²) in [6.07, 6.45) is 4.99. The van der Waals surface area contributed by atoms with Crippen LogP contribution in [-0.2, 0) is 0 Å². The number of likely N-dealkylation sites (N-methyl/N-ethyl adjacent to an activating group) is 1. The molecular weight excluding hydrogens is 583 g/mol. The molecule has 7 aromatic rings. The number of imidazole rings is 1. The molecule has 0 unspecified atom stereocenters. The Hall–Kier alpha value is -5.94. The maximum atomic E-state index is 14.7. The summed E-state index contributed by atoms with van der Waals surface area (Å²) in [6.45, 7) is 1.16. The van der Waals surface area contributed by atoms with Gasteiger partial charge in [0.1, 0.15) is 23.9 Å². The van der Waals surface area contributed by atoms with Gasteiger partial charge in [-0.05, 0) is 62.1 Å². The van der Waals surface area contributed by atoms with E-state index in [1.165, 1.54) is 12.1 Å². The molecule has 0 fully saturated rings. The van der Waals surface area contributed by atoms with Crippen LogP contribution in [0.15, 0.2) is 97.5 Å². The number of benzene rings is 3. The van der Waals surface area contributed by atoms with Gasteiger partial charge in [0.15, 0.2) is 5.82 Å². The van der Waals surface area contributed by atoms with Crippen molar-refractivity contribution < 1.29 is 13.9 Å². The van der Waals surface area contributed by atoms with Gasteiger partial charge in [-0.3, -0.25) is 19.9 Å². The zero-order chi connectivity index (χ0) is 31.6. The molecule has 0 bridgehead atoms. The van der Waals surface area contributed by atoms with Crippen molar-refractivity contribution in [3.63, 3.8) is 0 Å². The van der Waals surface area contributed by atoms with Crippen LogP contribution in [0.3, 0.4) is 0 Å². The molecule has 0 aliphatic heterocycles. The van der Waals surface area contributed by atoms with Crippen LogP contribution in [0.5, 0.6) is 5.75 Å². The lowest BCUT2D eigenvalue weighted by atomic mass is 10.0. The van der Waals surface area contributed by atoms with Gasteiger partial charge >= 0.3 is 0 Å². The van der Waals surface area contributed by atoms with Crippen LogP contribution in [0.1, 0.15) is 10.4 Å². The maximum Gasteiger partial charge on any atom is 0.255 e. The minimum Gasteiger partial charge on any atom is -0.492 e. The Morgan fingerprint density at radius 1 is 0.935 bits per heavy atom. The summed E-state index contributed by atoms with van der Waals surface area (Å²) in [7, 11) is 3.92. The van der Waals surface area contributed by atoms with Gasteiger partial charge in [0.05, 0.1) is 40.3 Å². The van der Waals surface area contributed by atoms with Crippen molar-refractivity contribution in [2.75, 3.05) is 32.6 Å². The molecule has 4 heterocycles. The predicted octanol–water partition coefficient (Wildman–Crippen LogP) is 6.56. The van der Waals surface area contributed by atoms with Crippen molar-refractivity contribution in [2.24, 2.45) is 0 Å². The van der Waals surface area contributed by atoms with Crippen molar-refractivity contribution >= 4 is 33.5 Å². The topological polar surface area (TPSA) is 125 Å². The average molecular weight is 613 g/mol. The molecule has 0 saturated carbocycles. The fourth-order valence-corrected chi connectivity index (χ4v) is 5.22. The molecule has 0 saturated heterocycles. The zero-order valence-corrected chi connectivity index (χ0v) is 25.1. The molecule has 0 atom stereocenters. The molecule has 3 N–H and O–H groups in total. The molecule has 228 valence electrons. The molecule has 4 aromatic heterocycles. The smallest absolute Gasteiger partial charge is 0.255 e. The van der Waals surface area contributed by atoms with Crippen molar-refractivity contribution in [3.05, 3.63) is 109 Å². The van der Waals surface area contributed by atoms with Gasteiger partial charge in [-0.2, -0.15) is 5.10 Å². The van der Waals surface area contributed by atoms with Crippen LogP contribution < -0.4 is 10.1 Å². The Bertz CT molecular complexity index is 2190. The first kappa shape index (κ1) is 28.8. The van der Waals surface area contributed by atoms with Crippen molar-refractivity contribution in [2.45, 2.75) is 0 Å². The van der Waals surface area contributed by atoms with E-state index in [0.717, 1.165) is 27.5 Å². The molecule has 46 heavy (non-hydrogen) atoms. The number of carbonyl (C=O) groups excluding carboxylic acids is 1. The first-order chi connectivity index (χ1) is 22.4. The van der Waals surface area contributed by atoms with Crippen molar-refractivity contribution in [3.8, 4) is 39.7 Å². The third kappa shape index (κ3) is 5.91. The highest BCUT2D eigenvalue weighted by molar-refractivity contribution is 6.04. The monoisotopic (exact) mass is 612 g/mol. The number of ether oxygens (including phenoxy) is 1. The summed E-state index contributed by atoms with van der Waals surface area (Å²) >= 11 is 0. The summed E-state index contributed by atoms with van der Waals surface area (Å²) in [5.41, 5.74) is 6.69. The molecule has 0 aliphatic carbocycles. The van der Waals surface area contributed by atoms with E-state index in [2.05, 4.69) is 30.5 Å². The lowest BCUT2D eigenvalue weighted by Gasteiger charge is -2.12. The van der Waals surface area contributed by atoms with Gasteiger partial charge < -0.3 is 19.9 Å². The molecule has 0 radical (unpaired) electrons. The lowest BCUT2D eigenvalue weighted by molar-refractivity contribution is 0.102. The first-order valence-corrected chi connectivity index (χ1v) is 14.6. The molecule has 10 nitrogen and oxygen atoms in total. The van der Waals surface area contributed by atoms with E-state index in [4.69, 9.17) is 9.72 Å². The number of nitrogens with one attached hydrogen (secondary N) is 3. The number of anilines is 1. The predicted molar refractivity (Wildman–Crippen MR) is 176 cm³/mol. The van der Waals surface area contributed by atoms with Gasteiger partial charge in [-0.1, -0.05) is 30.3 Å². The van der Waals surface area contributed by atoms with E-state index in [1.54, 1.807) is 30.7 Å². The second-order valence-corrected chi connectivity index (χ2v) is 11.1. The van der Waals surface area contributed by atoms with Crippen molar-refractivity contribution in [1.29, 1.82) is 0 Å². The number of aromatic nitrogens is 6. The zero-order valence-electron chi connectivity index (χ0n) is 25.1. The van der Waals surface area contributed by atoms with Crippen LogP contribution in [0.25, 0.3) is 55.8 Å². The highest BCUT2D eigenvalue weighted by Gasteiger charge is 2.17. The van der Waals surface area contributed by atoms with Crippen LogP contribution in [0, 0.1) is 5.82 Å². The Kier molecular flexibility index (Phi) is 7.65. The van der Waals surface area contributed by atoms with E-state index < -0.39 is 0 Å². The van der Waals surface area contributed by atoms with E-state index in [9.17, 15) is 9.18 Å². The SMILES string of the molecule is CN(C)CCOc1cc(F)cc(-c2cccc3[nH]c(-c4n[nH]c5cnc(-c6cncc(NC(=O)c7ccccc7)c6)cc45)nc23)c1. The summed E-state index contributed by atoms with van der Waals surface area (Å²) in [5, 5.41) is 11.3. The lowest BCUT2D eigenvalue weighted by Crippen LogP contribution is -2.19. The number of fused-ring (bicyclic) bond motifs is 2. The van der Waals surface area contributed by atoms with Crippen LogP contribution in [0.4, 0.5) is 10.1 Å². The fraction of sp³-hybridized carbons (Fsp3) is 0.114. The largest absolute Gasteiger partial charge is 0.492 e. The van der Waals surface area contributed by atoms with Gasteiger partial charge in [-0.15, -0.1) is 0 Å². The highest BCUT2D eigenvalue weighted by atomic mass is 19.1. The number of rotatable bonds is 9. The number of nitrogens with zero attached hydrogens (tertiary/aromatic N) is 5. The van der Waals surface area contributed by atoms with Gasteiger partial charge in [-0.25, -0.2) is 9.37 Å². The number of hydrogen-bond acceptors (Lipinski definition) is 7. The van der Waals surface area contributed by atoms with Gasteiger partial charge in [0.25, 0.3) is 5.91 Å². The number of halogens is 1. The Labute approximate surface area is 263 Å². The summed E-state index contributed by atoms with van der Waals surface area (Å²) < 4.78 is 20.5. The second kappa shape index (κ2) is 12.2. The fourth-order valence-electron chi connectivity index (χ4n) is 5.22. The Morgan fingerprint density at radius 3 is 2.65 bits per heavy atom. The minimum absolute atomic E-state index is 0.226. The van der Waals surface area contributed by atoms with Crippen LogP contribution in [0.2, 0.25) is 0 Å². The Balaban J connectivity index is 1.21. The van der Waals surface area contributed by atoms with Gasteiger partial charge in [0, 0.05) is 40.9 Å². The molecule has 7 rings (SSSR count). The highest BCUT2D eigenvalue weighted by Crippen LogP contribution is 2.34. The maximum absolute atomic E-state index is 14.7. The van der Waals surface area contributed by atoms with Crippen LogP contribution in [-0.4, -0.2) is 68.2 Å². The standard InChI is InChI=1S/C35H29FN8O2/c1-44(2)11-12-46-26-15-22(13-24(36)16-26)27-9-6-10-29-32(27)41-34(40-29)33-28-17-30(38-20-31(28)42-43-33)23-14-25(19-37-18-23)39-35(45)21-7-4-3-5-8-21/h3-10,13-20H,11-12H2,1-2H3,(H,39,45)(H,40,41)(H,42,43). The number of pyridine rings is 2. The summed E-state index contributed by atoms with van der Waals surface area (Å²) in [6, 6.07) is 23.2. The van der Waals surface area contributed by atoms with E-state index in [0.29, 0.717) is 58.4 Å². The number of H-pyrrole nitrogens is 2. The number of aromatic amines is 2. The van der Waals surface area contributed by atoms with E-state index in [-0.39, 0.29) is 11.7 Å². The molecule has 0 spiro atoms. The first-order valence-electron chi connectivity index (χ1n) is 14.6. The van der Waals surface area contributed by atoms with Crippen LogP contribution >= 0.6 is 0 Å².